The number of morpholine rings is 1. The zero-order chi connectivity index (χ0) is 24.4. The van der Waals surface area contributed by atoms with Gasteiger partial charge in [-0.1, -0.05) is 41.9 Å². The number of fused-ring (bicyclic) bond motifs is 1. The number of carbonyl (C=O) groups excluding carboxylic acids is 3. The molecule has 1 aromatic carbocycles. The Balaban J connectivity index is 1.22. The van der Waals surface area contributed by atoms with Crippen molar-refractivity contribution < 1.29 is 19.1 Å². The summed E-state index contributed by atoms with van der Waals surface area (Å²) in [4.78, 5) is 46.1. The van der Waals surface area contributed by atoms with Gasteiger partial charge in [-0.3, -0.25) is 24.6 Å². The number of aromatic nitrogens is 1. The molecule has 2 amide bonds. The third-order valence-electron chi connectivity index (χ3n) is 7.50. The molecule has 5 rings (SSSR count). The number of hydrogen-bond donors (Lipinski definition) is 2. The van der Waals surface area contributed by atoms with Gasteiger partial charge in [-0.25, -0.2) is 4.98 Å². The molecule has 0 radical (unpaired) electrons. The van der Waals surface area contributed by atoms with Crippen molar-refractivity contribution in [2.24, 2.45) is 5.92 Å². The lowest BCUT2D eigenvalue weighted by Crippen LogP contribution is -2.58. The number of hydrogen-bond acceptors (Lipinski definition) is 7. The van der Waals surface area contributed by atoms with Crippen molar-refractivity contribution in [3.8, 4) is 0 Å². The number of nitrogens with one attached hydrogen (secondary N) is 2. The molecule has 0 spiro atoms. The standard InChI is InChI=1S/C26H32N4O4S/c1-17-5-4-6-18(13-17)24(33)29-25-28-20-14-19(15-21(31)22(20)35-25)23(32)27-16-26(7-2-3-8-26)30-9-11-34-12-10-30/h4-6,13,19H,2-3,7-12,14-16H2,1H3,(H,27,32)(H,28,29,33). The van der Waals surface area contributed by atoms with Gasteiger partial charge < -0.3 is 10.1 Å². The fourth-order valence-corrected chi connectivity index (χ4v) is 6.53. The topological polar surface area (TPSA) is 101 Å². The number of ether oxygens (including phenoxy) is 1. The number of anilines is 1. The quantitative estimate of drug-likeness (QED) is 0.637. The molecule has 1 saturated carbocycles. The van der Waals surface area contributed by atoms with Gasteiger partial charge in [0.1, 0.15) is 0 Å². The molecule has 35 heavy (non-hydrogen) atoms. The van der Waals surface area contributed by atoms with Gasteiger partial charge in [0.2, 0.25) is 5.91 Å². The molecule has 1 atom stereocenters. The van der Waals surface area contributed by atoms with Crippen molar-refractivity contribution in [1.29, 1.82) is 0 Å². The minimum absolute atomic E-state index is 0.00283. The number of rotatable bonds is 6. The lowest BCUT2D eigenvalue weighted by Gasteiger charge is -2.43. The molecule has 2 N–H and O–H groups in total. The average molecular weight is 497 g/mol. The Labute approximate surface area is 209 Å². The summed E-state index contributed by atoms with van der Waals surface area (Å²) >= 11 is 1.19. The van der Waals surface area contributed by atoms with Gasteiger partial charge in [0.05, 0.1) is 29.7 Å². The summed E-state index contributed by atoms with van der Waals surface area (Å²) in [6, 6.07) is 7.31. The van der Waals surface area contributed by atoms with E-state index in [1.807, 2.05) is 25.1 Å². The second-order valence-electron chi connectivity index (χ2n) is 9.90. The summed E-state index contributed by atoms with van der Waals surface area (Å²) in [5.74, 6) is -0.849. The Morgan fingerprint density at radius 1 is 1.20 bits per heavy atom. The van der Waals surface area contributed by atoms with Crippen LogP contribution in [0.1, 0.15) is 63.4 Å². The Kier molecular flexibility index (Phi) is 7.00. The number of thiazole rings is 1. The van der Waals surface area contributed by atoms with Crippen molar-refractivity contribution in [2.75, 3.05) is 38.2 Å². The van der Waals surface area contributed by atoms with Gasteiger partial charge in [-0.15, -0.1) is 0 Å². The molecule has 1 unspecified atom stereocenters. The number of carbonyl (C=O) groups is 3. The van der Waals surface area contributed by atoms with Crippen LogP contribution in [0.4, 0.5) is 5.13 Å². The molecule has 2 aliphatic carbocycles. The zero-order valence-corrected chi connectivity index (χ0v) is 20.9. The van der Waals surface area contributed by atoms with Crippen LogP contribution in [0.15, 0.2) is 24.3 Å². The molecular weight excluding hydrogens is 464 g/mol. The van der Waals surface area contributed by atoms with Crippen LogP contribution in [0.2, 0.25) is 0 Å². The lowest BCUT2D eigenvalue weighted by molar-refractivity contribution is -0.126. The highest BCUT2D eigenvalue weighted by atomic mass is 32.1. The number of Topliss-reactive ketones (excluding diaryl/α,β-unsaturated/α-hetero) is 1. The van der Waals surface area contributed by atoms with Gasteiger partial charge in [0, 0.05) is 43.6 Å². The van der Waals surface area contributed by atoms with Crippen molar-refractivity contribution in [3.63, 3.8) is 0 Å². The molecule has 2 fully saturated rings. The molecule has 1 saturated heterocycles. The maximum absolute atomic E-state index is 13.1. The highest BCUT2D eigenvalue weighted by Crippen LogP contribution is 2.36. The van der Waals surface area contributed by atoms with Crippen molar-refractivity contribution in [1.82, 2.24) is 15.2 Å². The summed E-state index contributed by atoms with van der Waals surface area (Å²) in [6.45, 7) is 5.81. The summed E-state index contributed by atoms with van der Waals surface area (Å²) in [7, 11) is 0. The second kappa shape index (κ2) is 10.2. The largest absolute Gasteiger partial charge is 0.379 e. The highest BCUT2D eigenvalue weighted by Gasteiger charge is 2.41. The first-order valence-electron chi connectivity index (χ1n) is 12.4. The van der Waals surface area contributed by atoms with E-state index in [0.717, 1.165) is 44.7 Å². The normalized spacial score (nSPS) is 22.0. The van der Waals surface area contributed by atoms with E-state index in [0.29, 0.717) is 34.2 Å². The molecule has 1 aromatic heterocycles. The van der Waals surface area contributed by atoms with Crippen LogP contribution in [0, 0.1) is 12.8 Å². The first kappa shape index (κ1) is 24.1. The van der Waals surface area contributed by atoms with Gasteiger partial charge in [-0.2, -0.15) is 0 Å². The highest BCUT2D eigenvalue weighted by molar-refractivity contribution is 7.17. The number of aryl methyl sites for hydroxylation is 1. The van der Waals surface area contributed by atoms with Crippen molar-refractivity contribution in [2.45, 2.75) is 51.0 Å². The molecule has 186 valence electrons. The molecule has 2 aromatic rings. The maximum Gasteiger partial charge on any atom is 0.257 e. The Bertz CT molecular complexity index is 1120. The molecular formula is C26H32N4O4S. The summed E-state index contributed by atoms with van der Waals surface area (Å²) in [5, 5.41) is 6.39. The fourth-order valence-electron chi connectivity index (χ4n) is 5.60. The second-order valence-corrected chi connectivity index (χ2v) is 10.9. The minimum Gasteiger partial charge on any atom is -0.379 e. The third-order valence-corrected chi connectivity index (χ3v) is 8.56. The lowest BCUT2D eigenvalue weighted by atomic mass is 9.88. The van der Waals surface area contributed by atoms with Gasteiger partial charge in [0.25, 0.3) is 5.91 Å². The minimum atomic E-state index is -0.430. The monoisotopic (exact) mass is 496 g/mol. The number of amides is 2. The molecule has 8 nitrogen and oxygen atoms in total. The van der Waals surface area contributed by atoms with E-state index in [9.17, 15) is 14.4 Å². The first-order valence-corrected chi connectivity index (χ1v) is 13.3. The van der Waals surface area contributed by atoms with E-state index < -0.39 is 5.92 Å². The molecule has 3 aliphatic rings. The van der Waals surface area contributed by atoms with E-state index in [2.05, 4.69) is 20.5 Å². The summed E-state index contributed by atoms with van der Waals surface area (Å²) in [6.07, 6.45) is 5.10. The van der Waals surface area contributed by atoms with Crippen LogP contribution in [0.3, 0.4) is 0 Å². The SMILES string of the molecule is Cc1cccc(C(=O)Nc2nc3c(s2)C(=O)CC(C(=O)NCC2(N4CCOCC4)CCCC2)C3)c1. The summed E-state index contributed by atoms with van der Waals surface area (Å²) in [5.41, 5.74) is 2.14. The van der Waals surface area contributed by atoms with Gasteiger partial charge in [0.15, 0.2) is 10.9 Å². The van der Waals surface area contributed by atoms with E-state index in [1.165, 1.54) is 24.2 Å². The van der Waals surface area contributed by atoms with Crippen LogP contribution in [-0.4, -0.2) is 65.9 Å². The smallest absolute Gasteiger partial charge is 0.257 e. The number of nitrogens with zero attached hydrogens (tertiary/aromatic N) is 2. The maximum atomic E-state index is 13.1. The van der Waals surface area contributed by atoms with Crippen LogP contribution in [0.25, 0.3) is 0 Å². The van der Waals surface area contributed by atoms with Crippen molar-refractivity contribution in [3.05, 3.63) is 46.0 Å². The van der Waals surface area contributed by atoms with Crippen LogP contribution in [0.5, 0.6) is 0 Å². The predicted octanol–water partition coefficient (Wildman–Crippen LogP) is 3.21. The molecule has 0 bridgehead atoms. The Hall–Kier alpha value is -2.62. The summed E-state index contributed by atoms with van der Waals surface area (Å²) < 4.78 is 5.53. The van der Waals surface area contributed by atoms with Gasteiger partial charge in [-0.05, 0) is 31.9 Å². The third kappa shape index (κ3) is 5.17. The van der Waals surface area contributed by atoms with E-state index in [1.54, 1.807) is 6.07 Å². The average Bonchev–Trinajstić information content (AvgIpc) is 3.51. The van der Waals surface area contributed by atoms with Crippen LogP contribution < -0.4 is 10.6 Å². The van der Waals surface area contributed by atoms with Crippen molar-refractivity contribution >= 4 is 34.1 Å². The fraction of sp³-hybridized carbons (Fsp3) is 0.538. The Morgan fingerprint density at radius 3 is 2.71 bits per heavy atom. The van der Waals surface area contributed by atoms with E-state index in [4.69, 9.17) is 4.74 Å². The van der Waals surface area contributed by atoms with E-state index >= 15 is 0 Å². The van der Waals surface area contributed by atoms with Gasteiger partial charge >= 0.3 is 0 Å². The molecule has 2 heterocycles. The Morgan fingerprint density at radius 2 is 1.97 bits per heavy atom. The van der Waals surface area contributed by atoms with E-state index in [-0.39, 0.29) is 29.6 Å². The number of ketones is 1. The predicted molar refractivity (Wildman–Crippen MR) is 134 cm³/mol. The first-order chi connectivity index (χ1) is 16.9. The number of benzene rings is 1. The molecule has 9 heteroatoms. The van der Waals surface area contributed by atoms with Crippen LogP contribution in [-0.2, 0) is 16.0 Å². The van der Waals surface area contributed by atoms with Crippen LogP contribution >= 0.6 is 11.3 Å². The zero-order valence-electron chi connectivity index (χ0n) is 20.1. The molecule has 1 aliphatic heterocycles.